The molecule has 0 N–H and O–H groups in total. The number of fused-ring (bicyclic) bond motifs is 1. The topological polar surface area (TPSA) is 91.2 Å². The van der Waals surface area contributed by atoms with Crippen molar-refractivity contribution < 1.29 is 21.4 Å². The lowest BCUT2D eigenvalue weighted by atomic mass is 10.0. The summed E-state index contributed by atoms with van der Waals surface area (Å²) in [5.41, 5.74) is -2.19. The molecule has 0 bridgehead atoms. The van der Waals surface area contributed by atoms with Crippen LogP contribution in [0.1, 0.15) is 13.8 Å². The lowest BCUT2D eigenvalue weighted by Gasteiger charge is -2.17. The van der Waals surface area contributed by atoms with Crippen molar-refractivity contribution >= 4 is 32.9 Å². The molecule has 1 aromatic carbocycles. The first-order valence-electron chi connectivity index (χ1n) is 7.97. The molecule has 0 radical (unpaired) electrons. The SMILES string of the molecule is CC(C)S(=O)(=O)Oc1c(-c2c(F)ccc(F)c2Cl)c(=O)n(C)c2nccnc12. The van der Waals surface area contributed by atoms with Gasteiger partial charge in [0, 0.05) is 25.0 Å². The number of pyridine rings is 1. The summed E-state index contributed by atoms with van der Waals surface area (Å²) in [4.78, 5) is 21.0. The Labute approximate surface area is 163 Å². The quantitative estimate of drug-likeness (QED) is 0.467. The van der Waals surface area contributed by atoms with E-state index < -0.39 is 54.5 Å². The molecule has 148 valence electrons. The van der Waals surface area contributed by atoms with E-state index in [1.165, 1.54) is 33.3 Å². The van der Waals surface area contributed by atoms with Crippen molar-refractivity contribution in [2.24, 2.45) is 7.05 Å². The molecule has 3 aromatic rings. The average Bonchev–Trinajstić information content (AvgIpc) is 2.64. The van der Waals surface area contributed by atoms with Crippen LogP contribution in [0.15, 0.2) is 29.3 Å². The zero-order valence-corrected chi connectivity index (χ0v) is 16.5. The summed E-state index contributed by atoms with van der Waals surface area (Å²) in [5.74, 6) is -2.58. The molecule has 0 aliphatic rings. The molecule has 0 fully saturated rings. The third-order valence-electron chi connectivity index (χ3n) is 4.03. The van der Waals surface area contributed by atoms with E-state index in [1.807, 2.05) is 0 Å². The van der Waals surface area contributed by atoms with Crippen LogP contribution in [0, 0.1) is 11.6 Å². The van der Waals surface area contributed by atoms with E-state index in [1.54, 1.807) is 0 Å². The minimum Gasteiger partial charge on any atom is -0.379 e. The highest BCUT2D eigenvalue weighted by molar-refractivity contribution is 7.87. The van der Waals surface area contributed by atoms with Gasteiger partial charge in [0.05, 0.1) is 15.8 Å². The molecule has 0 amide bonds. The predicted molar refractivity (Wildman–Crippen MR) is 99.8 cm³/mol. The van der Waals surface area contributed by atoms with Gasteiger partial charge in [0.1, 0.15) is 11.6 Å². The van der Waals surface area contributed by atoms with Crippen molar-refractivity contribution in [2.75, 3.05) is 0 Å². The molecule has 0 saturated carbocycles. The van der Waals surface area contributed by atoms with Crippen LogP contribution >= 0.6 is 11.6 Å². The van der Waals surface area contributed by atoms with Gasteiger partial charge in [0.15, 0.2) is 16.9 Å². The fraction of sp³-hybridized carbons (Fsp3) is 0.235. The fourth-order valence-corrected chi connectivity index (χ4v) is 3.32. The van der Waals surface area contributed by atoms with Crippen LogP contribution in [-0.2, 0) is 17.2 Å². The fourth-order valence-electron chi connectivity index (χ4n) is 2.49. The number of nitrogens with zero attached hydrogens (tertiary/aromatic N) is 3. The number of halogens is 3. The van der Waals surface area contributed by atoms with Crippen LogP contribution in [0.3, 0.4) is 0 Å². The molecule has 2 heterocycles. The molecule has 0 unspecified atom stereocenters. The van der Waals surface area contributed by atoms with Gasteiger partial charge in [-0.25, -0.2) is 18.7 Å². The van der Waals surface area contributed by atoms with Gasteiger partial charge in [0.2, 0.25) is 0 Å². The van der Waals surface area contributed by atoms with Gasteiger partial charge < -0.3 is 4.18 Å². The Morgan fingerprint density at radius 2 is 1.71 bits per heavy atom. The zero-order chi connectivity index (χ0) is 20.8. The Morgan fingerprint density at radius 3 is 2.36 bits per heavy atom. The van der Waals surface area contributed by atoms with Crippen LogP contribution in [0.25, 0.3) is 22.3 Å². The Bertz CT molecular complexity index is 1260. The summed E-state index contributed by atoms with van der Waals surface area (Å²) in [6.07, 6.45) is 2.53. The number of benzene rings is 1. The Morgan fingerprint density at radius 1 is 1.11 bits per heavy atom. The number of hydrogen-bond donors (Lipinski definition) is 0. The highest BCUT2D eigenvalue weighted by Gasteiger charge is 2.30. The van der Waals surface area contributed by atoms with Gasteiger partial charge in [-0.1, -0.05) is 11.6 Å². The maximum absolute atomic E-state index is 14.6. The second kappa shape index (κ2) is 7.10. The summed E-state index contributed by atoms with van der Waals surface area (Å²) in [6, 6.07) is 1.56. The van der Waals surface area contributed by atoms with Crippen molar-refractivity contribution in [1.82, 2.24) is 14.5 Å². The van der Waals surface area contributed by atoms with Crippen molar-refractivity contribution in [2.45, 2.75) is 19.1 Å². The predicted octanol–water partition coefficient (Wildman–Crippen LogP) is 3.04. The van der Waals surface area contributed by atoms with Crippen molar-refractivity contribution in [3.63, 3.8) is 0 Å². The molecule has 0 spiro atoms. The average molecular weight is 430 g/mol. The number of hydrogen-bond acceptors (Lipinski definition) is 6. The van der Waals surface area contributed by atoms with Crippen molar-refractivity contribution in [3.05, 3.63) is 51.5 Å². The van der Waals surface area contributed by atoms with E-state index in [0.29, 0.717) is 0 Å². The highest BCUT2D eigenvalue weighted by atomic mass is 35.5. The minimum atomic E-state index is -4.21. The standard InChI is InChI=1S/C17H14ClF2N3O4S/c1-8(2)28(25,26)27-15-12(11-9(19)4-5-10(20)13(11)18)17(24)23(3)16-14(15)21-6-7-22-16/h4-8H,1-3H3. The molecule has 7 nitrogen and oxygen atoms in total. The summed E-state index contributed by atoms with van der Waals surface area (Å²) in [5, 5.41) is -1.67. The Hall–Kier alpha value is -2.59. The molecule has 3 rings (SSSR count). The third-order valence-corrected chi connectivity index (χ3v) is 5.95. The van der Waals surface area contributed by atoms with Gasteiger partial charge >= 0.3 is 10.1 Å². The molecular weight excluding hydrogens is 416 g/mol. The lowest BCUT2D eigenvalue weighted by molar-refractivity contribution is 0.478. The van der Waals surface area contributed by atoms with Crippen LogP contribution in [0.2, 0.25) is 5.02 Å². The summed E-state index contributed by atoms with van der Waals surface area (Å²) >= 11 is 5.91. The molecule has 0 saturated heterocycles. The summed E-state index contributed by atoms with van der Waals surface area (Å²) < 4.78 is 59.5. The van der Waals surface area contributed by atoms with Crippen molar-refractivity contribution in [1.29, 1.82) is 0 Å². The largest absolute Gasteiger partial charge is 0.379 e. The molecule has 28 heavy (non-hydrogen) atoms. The van der Waals surface area contributed by atoms with Crippen molar-refractivity contribution in [3.8, 4) is 16.9 Å². The maximum Gasteiger partial charge on any atom is 0.311 e. The smallest absolute Gasteiger partial charge is 0.311 e. The first-order valence-corrected chi connectivity index (χ1v) is 9.82. The Kier molecular flexibility index (Phi) is 5.11. The van der Waals surface area contributed by atoms with E-state index in [-0.39, 0.29) is 11.2 Å². The third kappa shape index (κ3) is 3.22. The molecule has 0 atom stereocenters. The molecule has 0 aliphatic carbocycles. The highest BCUT2D eigenvalue weighted by Crippen LogP contribution is 2.39. The zero-order valence-electron chi connectivity index (χ0n) is 14.9. The number of aromatic nitrogens is 3. The minimum absolute atomic E-state index is 0.00172. The van der Waals surface area contributed by atoms with Crippen LogP contribution in [0.4, 0.5) is 8.78 Å². The van der Waals surface area contributed by atoms with E-state index in [9.17, 15) is 22.0 Å². The van der Waals surface area contributed by atoms with Gasteiger partial charge in [-0.2, -0.15) is 8.42 Å². The van der Waals surface area contributed by atoms with Crippen LogP contribution in [0.5, 0.6) is 5.75 Å². The maximum atomic E-state index is 14.6. The Balaban J connectivity index is 2.54. The first kappa shape index (κ1) is 20.2. The summed E-state index contributed by atoms with van der Waals surface area (Å²) in [6.45, 7) is 2.72. The van der Waals surface area contributed by atoms with E-state index >= 15 is 0 Å². The van der Waals surface area contributed by atoms with Crippen LogP contribution in [-0.4, -0.2) is 28.2 Å². The van der Waals surface area contributed by atoms with Gasteiger partial charge in [0.25, 0.3) is 5.56 Å². The number of aryl methyl sites for hydroxylation is 1. The monoisotopic (exact) mass is 429 g/mol. The van der Waals surface area contributed by atoms with E-state index in [2.05, 4.69) is 9.97 Å². The number of rotatable bonds is 4. The molecule has 2 aromatic heterocycles. The van der Waals surface area contributed by atoms with E-state index in [4.69, 9.17) is 15.8 Å². The second-order valence-electron chi connectivity index (χ2n) is 6.14. The molecule has 0 aliphatic heterocycles. The van der Waals surface area contributed by atoms with Crippen LogP contribution < -0.4 is 9.74 Å². The van der Waals surface area contributed by atoms with Gasteiger partial charge in [-0.15, -0.1) is 0 Å². The second-order valence-corrected chi connectivity index (χ2v) is 8.61. The van der Waals surface area contributed by atoms with E-state index in [0.717, 1.165) is 16.7 Å². The first-order chi connectivity index (χ1) is 13.1. The molecular formula is C17H14ClF2N3O4S. The van der Waals surface area contributed by atoms with Gasteiger partial charge in [-0.05, 0) is 26.0 Å². The van der Waals surface area contributed by atoms with Gasteiger partial charge in [-0.3, -0.25) is 9.36 Å². The lowest BCUT2D eigenvalue weighted by Crippen LogP contribution is -2.26. The molecule has 11 heteroatoms. The summed E-state index contributed by atoms with van der Waals surface area (Å²) in [7, 11) is -2.89. The normalized spacial score (nSPS) is 12.0.